The van der Waals surface area contributed by atoms with Gasteiger partial charge in [0.25, 0.3) is 0 Å². The molecule has 1 atom stereocenters. The van der Waals surface area contributed by atoms with Gasteiger partial charge in [-0.2, -0.15) is 0 Å². The van der Waals surface area contributed by atoms with Crippen LogP contribution in [-0.4, -0.2) is 52.9 Å². The molecule has 2 aromatic rings. The van der Waals surface area contributed by atoms with E-state index in [1.807, 2.05) is 24.3 Å². The number of guanidine groups is 1. The second-order valence-corrected chi connectivity index (χ2v) is 8.40. The van der Waals surface area contributed by atoms with Gasteiger partial charge in [0.05, 0.1) is 18.6 Å². The molecule has 0 bridgehead atoms. The molecule has 1 aliphatic rings. The second kappa shape index (κ2) is 9.89. The van der Waals surface area contributed by atoms with Crippen LogP contribution >= 0.6 is 22.9 Å². The summed E-state index contributed by atoms with van der Waals surface area (Å²) in [6.45, 7) is 2.69. The molecule has 1 fully saturated rings. The number of thiophene rings is 1. The van der Waals surface area contributed by atoms with Gasteiger partial charge >= 0.3 is 0 Å². The highest BCUT2D eigenvalue weighted by molar-refractivity contribution is 7.16. The van der Waals surface area contributed by atoms with E-state index in [1.54, 1.807) is 32.6 Å². The molecule has 1 unspecified atom stereocenters. The Morgan fingerprint density at radius 1 is 1.25 bits per heavy atom. The van der Waals surface area contributed by atoms with Gasteiger partial charge in [0.2, 0.25) is 0 Å². The minimum Gasteiger partial charge on any atom is -0.497 e. The van der Waals surface area contributed by atoms with Gasteiger partial charge in [-0.1, -0.05) is 11.6 Å². The first-order chi connectivity index (χ1) is 13.6. The summed E-state index contributed by atoms with van der Waals surface area (Å²) >= 11 is 7.61. The maximum Gasteiger partial charge on any atom is 0.191 e. The second-order valence-electron chi connectivity index (χ2n) is 6.60. The van der Waals surface area contributed by atoms with E-state index in [-0.39, 0.29) is 0 Å². The summed E-state index contributed by atoms with van der Waals surface area (Å²) < 4.78 is 11.6. The normalized spacial score (nSPS) is 16.9. The van der Waals surface area contributed by atoms with Gasteiger partial charge in [-0.25, -0.2) is 0 Å². The van der Waals surface area contributed by atoms with Crippen molar-refractivity contribution in [1.29, 1.82) is 0 Å². The number of ether oxygens (including phenoxy) is 2. The van der Waals surface area contributed by atoms with E-state index in [9.17, 15) is 0 Å². The summed E-state index contributed by atoms with van der Waals surface area (Å²) in [5, 5.41) is 6.92. The topological polar surface area (TPSA) is 58.1 Å². The minimum absolute atomic E-state index is 0.333. The van der Waals surface area contributed by atoms with Crippen molar-refractivity contribution >= 4 is 34.6 Å². The molecule has 2 N–H and O–H groups in total. The third-order valence-electron chi connectivity index (χ3n) is 4.75. The lowest BCUT2D eigenvalue weighted by atomic mass is 10.2. The van der Waals surface area contributed by atoms with Crippen LogP contribution in [0.2, 0.25) is 4.34 Å². The number of hydrogen-bond donors (Lipinski definition) is 2. The molecule has 8 heteroatoms. The standard InChI is InChI=1S/C20H27ClN4O2S/c1-22-20(23-8-6-18-4-5-19(21)28-18)24-14-7-9-25(13-14)15-10-16(26-2)12-17(11-15)27-3/h4-5,10-12,14H,6-9,13H2,1-3H3,(H2,22,23,24). The number of nitrogens with one attached hydrogen (secondary N) is 2. The number of nitrogens with zero attached hydrogens (tertiary/aromatic N) is 2. The first-order valence-electron chi connectivity index (χ1n) is 9.30. The average Bonchev–Trinajstić information content (AvgIpc) is 3.35. The van der Waals surface area contributed by atoms with Crippen molar-refractivity contribution in [3.63, 3.8) is 0 Å². The fraction of sp³-hybridized carbons (Fsp3) is 0.450. The zero-order valence-corrected chi connectivity index (χ0v) is 18.1. The quantitative estimate of drug-likeness (QED) is 0.529. The molecule has 0 amide bonds. The highest BCUT2D eigenvalue weighted by Crippen LogP contribution is 2.30. The van der Waals surface area contributed by atoms with Crippen molar-refractivity contribution in [2.24, 2.45) is 4.99 Å². The third-order valence-corrected chi connectivity index (χ3v) is 6.04. The smallest absolute Gasteiger partial charge is 0.191 e. The molecular weight excluding hydrogens is 396 g/mol. The molecule has 1 aliphatic heterocycles. The SMILES string of the molecule is CN=C(NCCc1ccc(Cl)s1)NC1CCN(c2cc(OC)cc(OC)c2)C1. The van der Waals surface area contributed by atoms with Crippen molar-refractivity contribution in [1.82, 2.24) is 10.6 Å². The van der Waals surface area contributed by atoms with Gasteiger partial charge in [0.1, 0.15) is 11.5 Å². The lowest BCUT2D eigenvalue weighted by Crippen LogP contribution is -2.45. The van der Waals surface area contributed by atoms with Gasteiger partial charge in [0, 0.05) is 61.5 Å². The van der Waals surface area contributed by atoms with Gasteiger partial charge < -0.3 is 25.0 Å². The van der Waals surface area contributed by atoms with Crippen molar-refractivity contribution in [2.45, 2.75) is 18.9 Å². The lowest BCUT2D eigenvalue weighted by molar-refractivity contribution is 0.394. The average molecular weight is 423 g/mol. The number of halogens is 1. The van der Waals surface area contributed by atoms with E-state index in [0.29, 0.717) is 6.04 Å². The van der Waals surface area contributed by atoms with E-state index in [1.165, 1.54) is 4.88 Å². The number of methoxy groups -OCH3 is 2. The fourth-order valence-corrected chi connectivity index (χ4v) is 4.35. The van der Waals surface area contributed by atoms with E-state index in [0.717, 1.165) is 60.0 Å². The van der Waals surface area contributed by atoms with Crippen LogP contribution in [0.25, 0.3) is 0 Å². The van der Waals surface area contributed by atoms with E-state index in [2.05, 4.69) is 26.6 Å². The van der Waals surface area contributed by atoms with Gasteiger partial charge in [0.15, 0.2) is 5.96 Å². The molecule has 1 saturated heterocycles. The van der Waals surface area contributed by atoms with Crippen LogP contribution in [0.5, 0.6) is 11.5 Å². The van der Waals surface area contributed by atoms with Gasteiger partial charge in [-0.15, -0.1) is 11.3 Å². The minimum atomic E-state index is 0.333. The zero-order chi connectivity index (χ0) is 19.9. The summed E-state index contributed by atoms with van der Waals surface area (Å²) in [6, 6.07) is 10.3. The fourth-order valence-electron chi connectivity index (χ4n) is 3.27. The Balaban J connectivity index is 1.51. The van der Waals surface area contributed by atoms with E-state index in [4.69, 9.17) is 21.1 Å². The first kappa shape index (κ1) is 20.6. The van der Waals surface area contributed by atoms with Crippen LogP contribution in [0.15, 0.2) is 35.3 Å². The zero-order valence-electron chi connectivity index (χ0n) is 16.5. The van der Waals surface area contributed by atoms with Gasteiger partial charge in [-0.3, -0.25) is 4.99 Å². The highest BCUT2D eigenvalue weighted by atomic mass is 35.5. The predicted octanol–water partition coefficient (Wildman–Crippen LogP) is 3.41. The predicted molar refractivity (Wildman–Crippen MR) is 118 cm³/mol. The summed E-state index contributed by atoms with van der Waals surface area (Å²) in [7, 11) is 5.15. The van der Waals surface area contributed by atoms with Crippen molar-refractivity contribution in [3.05, 3.63) is 39.5 Å². The molecule has 1 aromatic heterocycles. The Morgan fingerprint density at radius 2 is 2.00 bits per heavy atom. The number of aliphatic imine (C=N–C) groups is 1. The Kier molecular flexibility index (Phi) is 7.28. The van der Waals surface area contributed by atoms with E-state index < -0.39 is 0 Å². The van der Waals surface area contributed by atoms with Crippen LogP contribution < -0.4 is 25.0 Å². The molecule has 0 saturated carbocycles. The molecule has 2 heterocycles. The van der Waals surface area contributed by atoms with Crippen LogP contribution in [0.4, 0.5) is 5.69 Å². The Hall–Kier alpha value is -2.12. The molecule has 28 heavy (non-hydrogen) atoms. The molecule has 3 rings (SSSR count). The molecule has 0 aliphatic carbocycles. The molecule has 6 nitrogen and oxygen atoms in total. The summed E-state index contributed by atoms with van der Waals surface area (Å²) in [5.74, 6) is 2.44. The Morgan fingerprint density at radius 3 is 2.61 bits per heavy atom. The van der Waals surface area contributed by atoms with Gasteiger partial charge in [-0.05, 0) is 25.0 Å². The number of hydrogen-bond acceptors (Lipinski definition) is 5. The maximum atomic E-state index is 5.99. The number of anilines is 1. The molecule has 0 radical (unpaired) electrons. The Bertz CT molecular complexity index is 789. The molecule has 0 spiro atoms. The van der Waals surface area contributed by atoms with Crippen LogP contribution in [0.3, 0.4) is 0 Å². The lowest BCUT2D eigenvalue weighted by Gasteiger charge is -2.21. The van der Waals surface area contributed by atoms with E-state index >= 15 is 0 Å². The summed E-state index contributed by atoms with van der Waals surface area (Å²) in [4.78, 5) is 7.96. The monoisotopic (exact) mass is 422 g/mol. The van der Waals surface area contributed by atoms with Crippen molar-refractivity contribution < 1.29 is 9.47 Å². The van der Waals surface area contributed by atoms with Crippen LogP contribution in [0.1, 0.15) is 11.3 Å². The molecule has 1 aromatic carbocycles. The Labute approximate surface area is 175 Å². The third kappa shape index (κ3) is 5.45. The largest absolute Gasteiger partial charge is 0.497 e. The number of rotatable bonds is 7. The highest BCUT2D eigenvalue weighted by Gasteiger charge is 2.24. The summed E-state index contributed by atoms with van der Waals surface area (Å²) in [6.07, 6.45) is 1.97. The molecular formula is C20H27ClN4O2S. The first-order valence-corrected chi connectivity index (χ1v) is 10.5. The maximum absolute atomic E-state index is 5.99. The van der Waals surface area contributed by atoms with Crippen molar-refractivity contribution in [3.8, 4) is 11.5 Å². The van der Waals surface area contributed by atoms with Crippen LogP contribution in [-0.2, 0) is 6.42 Å². The summed E-state index contributed by atoms with van der Waals surface area (Å²) in [5.41, 5.74) is 1.11. The van der Waals surface area contributed by atoms with Crippen molar-refractivity contribution in [2.75, 3.05) is 45.8 Å². The molecule has 152 valence electrons. The number of benzene rings is 1. The van der Waals surface area contributed by atoms with Crippen LogP contribution in [0, 0.1) is 0 Å².